The van der Waals surface area contributed by atoms with Crippen LogP contribution in [-0.4, -0.2) is 32.6 Å². The first-order chi connectivity index (χ1) is 10.00. The van der Waals surface area contributed by atoms with Crippen LogP contribution >= 0.6 is 0 Å². The third-order valence-corrected chi connectivity index (χ3v) is 4.51. The van der Waals surface area contributed by atoms with Crippen molar-refractivity contribution in [1.29, 1.82) is 0 Å². The Morgan fingerprint density at radius 2 is 2.19 bits per heavy atom. The van der Waals surface area contributed by atoms with Crippen molar-refractivity contribution in [1.82, 2.24) is 10.6 Å². The Kier molecular flexibility index (Phi) is 4.88. The summed E-state index contributed by atoms with van der Waals surface area (Å²) in [5.41, 5.74) is 3.60. The molecule has 21 heavy (non-hydrogen) atoms. The van der Waals surface area contributed by atoms with E-state index in [0.29, 0.717) is 0 Å². The number of hydrogen-bond acceptors (Lipinski definition) is 3. The molecular formula is C17H27N3O. The van der Waals surface area contributed by atoms with Crippen LogP contribution in [0.5, 0.6) is 0 Å². The van der Waals surface area contributed by atoms with Gasteiger partial charge in [-0.1, -0.05) is 13.0 Å². The number of amides is 1. The number of hydrogen-bond donors (Lipinski definition) is 2. The fourth-order valence-electron chi connectivity index (χ4n) is 3.00. The summed E-state index contributed by atoms with van der Waals surface area (Å²) < 4.78 is 0. The lowest BCUT2D eigenvalue weighted by atomic mass is 9.89. The van der Waals surface area contributed by atoms with Gasteiger partial charge in [0, 0.05) is 32.4 Å². The maximum absolute atomic E-state index is 12.0. The van der Waals surface area contributed by atoms with Crippen LogP contribution in [-0.2, 0) is 11.3 Å². The van der Waals surface area contributed by atoms with E-state index >= 15 is 0 Å². The zero-order valence-electron chi connectivity index (χ0n) is 13.6. The number of benzene rings is 1. The molecule has 1 amide bonds. The molecule has 1 saturated heterocycles. The number of anilines is 1. The Labute approximate surface area is 127 Å². The van der Waals surface area contributed by atoms with E-state index in [1.54, 1.807) is 7.05 Å². The van der Waals surface area contributed by atoms with Gasteiger partial charge in [-0.25, -0.2) is 0 Å². The Morgan fingerprint density at radius 3 is 2.81 bits per heavy atom. The lowest BCUT2D eigenvalue weighted by Crippen LogP contribution is -2.39. The van der Waals surface area contributed by atoms with Crippen molar-refractivity contribution in [3.05, 3.63) is 29.3 Å². The molecule has 0 aliphatic carbocycles. The van der Waals surface area contributed by atoms with Crippen LogP contribution in [0.2, 0.25) is 0 Å². The molecule has 2 N–H and O–H groups in total. The average molecular weight is 289 g/mol. The van der Waals surface area contributed by atoms with Gasteiger partial charge in [0.15, 0.2) is 0 Å². The van der Waals surface area contributed by atoms with Gasteiger partial charge in [0.25, 0.3) is 0 Å². The first-order valence-corrected chi connectivity index (χ1v) is 7.77. The van der Waals surface area contributed by atoms with E-state index in [4.69, 9.17) is 0 Å². The van der Waals surface area contributed by atoms with Gasteiger partial charge in [-0.2, -0.15) is 0 Å². The maximum Gasteiger partial charge on any atom is 0.227 e. The molecule has 1 heterocycles. The minimum atomic E-state index is -0.273. The van der Waals surface area contributed by atoms with Crippen molar-refractivity contribution in [3.63, 3.8) is 0 Å². The summed E-state index contributed by atoms with van der Waals surface area (Å²) in [5.74, 6) is 0.144. The number of carbonyl (C=O) groups is 1. The quantitative estimate of drug-likeness (QED) is 0.872. The van der Waals surface area contributed by atoms with E-state index in [1.165, 1.54) is 16.8 Å². The molecule has 1 atom stereocenters. The third-order valence-electron chi connectivity index (χ3n) is 4.51. The van der Waals surface area contributed by atoms with Crippen LogP contribution in [0.1, 0.15) is 31.4 Å². The molecule has 1 aliphatic rings. The Morgan fingerprint density at radius 1 is 1.43 bits per heavy atom. The second-order valence-electron chi connectivity index (χ2n) is 6.20. The predicted octanol–water partition coefficient (Wildman–Crippen LogP) is 2.07. The Bertz CT molecular complexity index is 515. The highest BCUT2D eigenvalue weighted by molar-refractivity contribution is 5.83. The molecule has 0 bridgehead atoms. The van der Waals surface area contributed by atoms with Crippen LogP contribution in [0.3, 0.4) is 0 Å². The standard InChI is InChI=1S/C17H27N3O/c1-5-19-11-14-6-7-15(10-13(14)2)20-9-8-17(3,12-20)16(21)18-4/h6-7,10,19H,5,8-9,11-12H2,1-4H3,(H,18,21). The summed E-state index contributed by atoms with van der Waals surface area (Å²) in [7, 11) is 1.72. The molecule has 0 radical (unpaired) electrons. The lowest BCUT2D eigenvalue weighted by molar-refractivity contribution is -0.128. The van der Waals surface area contributed by atoms with Gasteiger partial charge >= 0.3 is 0 Å². The van der Waals surface area contributed by atoms with Crippen LogP contribution in [0.4, 0.5) is 5.69 Å². The van der Waals surface area contributed by atoms with E-state index in [9.17, 15) is 4.79 Å². The Balaban J connectivity index is 2.10. The molecule has 1 unspecified atom stereocenters. The van der Waals surface area contributed by atoms with E-state index in [1.807, 2.05) is 0 Å². The zero-order valence-corrected chi connectivity index (χ0v) is 13.6. The SMILES string of the molecule is CCNCc1ccc(N2CCC(C)(C(=O)NC)C2)cc1C. The van der Waals surface area contributed by atoms with Crippen molar-refractivity contribution in [3.8, 4) is 0 Å². The molecule has 1 aromatic rings. The number of nitrogens with zero attached hydrogens (tertiary/aromatic N) is 1. The van der Waals surface area contributed by atoms with Crippen LogP contribution in [0.25, 0.3) is 0 Å². The molecular weight excluding hydrogens is 262 g/mol. The van der Waals surface area contributed by atoms with Gasteiger partial charge in [0.1, 0.15) is 0 Å². The van der Waals surface area contributed by atoms with Gasteiger partial charge in [-0.15, -0.1) is 0 Å². The van der Waals surface area contributed by atoms with Crippen LogP contribution in [0.15, 0.2) is 18.2 Å². The second-order valence-corrected chi connectivity index (χ2v) is 6.20. The molecule has 4 nitrogen and oxygen atoms in total. The summed E-state index contributed by atoms with van der Waals surface area (Å²) in [5, 5.41) is 6.15. The zero-order chi connectivity index (χ0) is 15.5. The normalized spacial score (nSPS) is 21.6. The number of carbonyl (C=O) groups excluding carboxylic acids is 1. The topological polar surface area (TPSA) is 44.4 Å². The van der Waals surface area contributed by atoms with E-state index < -0.39 is 0 Å². The van der Waals surface area contributed by atoms with Gasteiger partial charge in [-0.05, 0) is 50.1 Å². The summed E-state index contributed by atoms with van der Waals surface area (Å²) in [6.45, 7) is 9.96. The molecule has 1 fully saturated rings. The average Bonchev–Trinajstić information content (AvgIpc) is 2.89. The van der Waals surface area contributed by atoms with Crippen LogP contribution < -0.4 is 15.5 Å². The van der Waals surface area contributed by atoms with Crippen molar-refractivity contribution in [2.75, 3.05) is 31.6 Å². The highest BCUT2D eigenvalue weighted by Crippen LogP contribution is 2.34. The number of rotatable bonds is 5. The highest BCUT2D eigenvalue weighted by Gasteiger charge is 2.39. The van der Waals surface area contributed by atoms with Gasteiger partial charge in [-0.3, -0.25) is 4.79 Å². The molecule has 1 aliphatic heterocycles. The minimum Gasteiger partial charge on any atom is -0.370 e. The maximum atomic E-state index is 12.0. The lowest BCUT2D eigenvalue weighted by Gasteiger charge is -2.24. The largest absolute Gasteiger partial charge is 0.370 e. The van der Waals surface area contributed by atoms with Crippen molar-refractivity contribution >= 4 is 11.6 Å². The molecule has 0 aromatic heterocycles. The van der Waals surface area contributed by atoms with E-state index in [-0.39, 0.29) is 11.3 Å². The highest BCUT2D eigenvalue weighted by atomic mass is 16.2. The number of aryl methyl sites for hydroxylation is 1. The van der Waals surface area contributed by atoms with Crippen molar-refractivity contribution < 1.29 is 4.79 Å². The fourth-order valence-corrected chi connectivity index (χ4v) is 3.00. The summed E-state index contributed by atoms with van der Waals surface area (Å²) in [6, 6.07) is 6.61. The Hall–Kier alpha value is -1.55. The van der Waals surface area contributed by atoms with Crippen LogP contribution in [0, 0.1) is 12.3 Å². The molecule has 2 rings (SSSR count). The van der Waals surface area contributed by atoms with E-state index in [2.05, 4.69) is 54.5 Å². The summed E-state index contributed by atoms with van der Waals surface area (Å²) >= 11 is 0. The molecule has 4 heteroatoms. The molecule has 0 saturated carbocycles. The van der Waals surface area contributed by atoms with Crippen molar-refractivity contribution in [2.45, 2.75) is 33.7 Å². The third kappa shape index (κ3) is 3.38. The van der Waals surface area contributed by atoms with Gasteiger partial charge in [0.05, 0.1) is 5.41 Å². The predicted molar refractivity (Wildman–Crippen MR) is 87.6 cm³/mol. The molecule has 116 valence electrons. The number of nitrogens with one attached hydrogen (secondary N) is 2. The fraction of sp³-hybridized carbons (Fsp3) is 0.588. The first kappa shape index (κ1) is 15.8. The van der Waals surface area contributed by atoms with Gasteiger partial charge < -0.3 is 15.5 Å². The smallest absolute Gasteiger partial charge is 0.227 e. The van der Waals surface area contributed by atoms with Gasteiger partial charge in [0.2, 0.25) is 5.91 Å². The monoisotopic (exact) mass is 289 g/mol. The minimum absolute atomic E-state index is 0.144. The first-order valence-electron chi connectivity index (χ1n) is 7.77. The van der Waals surface area contributed by atoms with Crippen molar-refractivity contribution in [2.24, 2.45) is 5.41 Å². The molecule has 1 aromatic carbocycles. The van der Waals surface area contributed by atoms with E-state index in [0.717, 1.165) is 32.6 Å². The summed E-state index contributed by atoms with van der Waals surface area (Å²) in [4.78, 5) is 14.3. The second kappa shape index (κ2) is 6.48. The molecule has 0 spiro atoms. The summed E-state index contributed by atoms with van der Waals surface area (Å²) in [6.07, 6.45) is 0.908.